The van der Waals surface area contributed by atoms with E-state index in [4.69, 9.17) is 4.98 Å². The highest BCUT2D eigenvalue weighted by atomic mass is 32.2. The van der Waals surface area contributed by atoms with Crippen LogP contribution in [0.2, 0.25) is 0 Å². The van der Waals surface area contributed by atoms with Crippen molar-refractivity contribution < 1.29 is 17.2 Å². The van der Waals surface area contributed by atoms with Gasteiger partial charge in [-0.3, -0.25) is 0 Å². The van der Waals surface area contributed by atoms with Gasteiger partial charge in [0.15, 0.2) is 10.0 Å². The standard InChI is InChI=1S/C24H31F2N7O2S2/c1-12(2)21-28-18-16(19(29-21)22-30-31-23(36-22)20(25)26)8-15(37(34,35)32-24(5)6-7-24)9-17(18)33-10-13(3)27-14(4)11-33/h8-9,12-14,20,27,32H,6-7,10-11H2,1-5H3/t13-,14-/m0/s1. The number of hydrogen-bond acceptors (Lipinski definition) is 9. The fourth-order valence-corrected chi connectivity index (χ4v) is 6.85. The van der Waals surface area contributed by atoms with E-state index in [-0.39, 0.29) is 27.9 Å². The summed E-state index contributed by atoms with van der Waals surface area (Å²) in [5.74, 6) is 0.465. The van der Waals surface area contributed by atoms with Crippen molar-refractivity contribution in [3.63, 3.8) is 0 Å². The molecule has 2 fully saturated rings. The SMILES string of the molecule is CC(C)c1nc(-c2nnc(C(F)F)s2)c2cc(S(=O)(=O)NC3(C)CC3)cc(N3C[C@H](C)N[C@@H](C)C3)c2n1. The average molecular weight is 552 g/mol. The highest BCUT2D eigenvalue weighted by Crippen LogP contribution is 2.40. The van der Waals surface area contributed by atoms with E-state index in [1.165, 1.54) is 6.07 Å². The number of nitrogens with zero attached hydrogens (tertiary/aromatic N) is 5. The first kappa shape index (κ1) is 26.3. The lowest BCUT2D eigenvalue weighted by atomic mass is 10.1. The van der Waals surface area contributed by atoms with E-state index < -0.39 is 27.0 Å². The summed E-state index contributed by atoms with van der Waals surface area (Å²) in [6, 6.07) is 3.55. The van der Waals surface area contributed by atoms with Gasteiger partial charge in [0.25, 0.3) is 6.43 Å². The van der Waals surface area contributed by atoms with Gasteiger partial charge in [0, 0.05) is 42.0 Å². The van der Waals surface area contributed by atoms with Gasteiger partial charge in [0.1, 0.15) is 11.5 Å². The van der Waals surface area contributed by atoms with Gasteiger partial charge in [-0.25, -0.2) is 31.9 Å². The molecule has 2 atom stereocenters. The smallest absolute Gasteiger partial charge is 0.291 e. The van der Waals surface area contributed by atoms with Gasteiger partial charge in [0.2, 0.25) is 10.0 Å². The molecule has 37 heavy (non-hydrogen) atoms. The van der Waals surface area contributed by atoms with Crippen molar-refractivity contribution in [2.75, 3.05) is 18.0 Å². The predicted molar refractivity (Wildman–Crippen MR) is 140 cm³/mol. The summed E-state index contributed by atoms with van der Waals surface area (Å²) in [7, 11) is -3.87. The van der Waals surface area contributed by atoms with Crippen LogP contribution in [0.4, 0.5) is 14.5 Å². The Bertz CT molecular complexity index is 1430. The summed E-state index contributed by atoms with van der Waals surface area (Å²) < 4.78 is 56.5. The minimum absolute atomic E-state index is 0.0562. The lowest BCUT2D eigenvalue weighted by Crippen LogP contribution is -2.54. The van der Waals surface area contributed by atoms with Crippen molar-refractivity contribution in [2.24, 2.45) is 0 Å². The van der Waals surface area contributed by atoms with Crippen molar-refractivity contribution >= 4 is 38.0 Å². The fraction of sp³-hybridized carbons (Fsp3) is 0.583. The van der Waals surface area contributed by atoms with E-state index in [1.807, 2.05) is 20.8 Å². The van der Waals surface area contributed by atoms with E-state index in [2.05, 4.69) is 44.0 Å². The quantitative estimate of drug-likeness (QED) is 0.449. The molecule has 2 aromatic heterocycles. The van der Waals surface area contributed by atoms with Crippen LogP contribution < -0.4 is 14.9 Å². The number of piperazine rings is 1. The molecular weight excluding hydrogens is 520 g/mol. The van der Waals surface area contributed by atoms with Crippen molar-refractivity contribution in [1.82, 2.24) is 30.2 Å². The van der Waals surface area contributed by atoms with Crippen LogP contribution in [0.25, 0.3) is 21.6 Å². The third-order valence-electron chi connectivity index (χ3n) is 6.71. The lowest BCUT2D eigenvalue weighted by Gasteiger charge is -2.38. The van der Waals surface area contributed by atoms with Crippen LogP contribution in [0.3, 0.4) is 0 Å². The minimum atomic E-state index is -3.87. The first-order valence-electron chi connectivity index (χ1n) is 12.4. The molecule has 2 aliphatic rings. The Morgan fingerprint density at radius 2 is 1.81 bits per heavy atom. The molecule has 0 unspecified atom stereocenters. The number of sulfonamides is 1. The lowest BCUT2D eigenvalue weighted by molar-refractivity contribution is 0.150. The van der Waals surface area contributed by atoms with E-state index >= 15 is 0 Å². The number of alkyl halides is 2. The number of benzene rings is 1. The van der Waals surface area contributed by atoms with Gasteiger partial charge >= 0.3 is 0 Å². The van der Waals surface area contributed by atoms with Crippen molar-refractivity contribution in [3.8, 4) is 10.7 Å². The zero-order valence-electron chi connectivity index (χ0n) is 21.4. The van der Waals surface area contributed by atoms with E-state index in [0.29, 0.717) is 41.2 Å². The normalized spacial score (nSPS) is 21.8. The zero-order chi connectivity index (χ0) is 26.7. The topological polar surface area (TPSA) is 113 Å². The van der Waals surface area contributed by atoms with Crippen molar-refractivity contribution in [1.29, 1.82) is 0 Å². The number of nitrogens with one attached hydrogen (secondary N) is 2. The Morgan fingerprint density at radius 3 is 2.38 bits per heavy atom. The van der Waals surface area contributed by atoms with Crippen molar-refractivity contribution in [2.45, 2.75) is 82.3 Å². The molecule has 0 spiro atoms. The van der Waals surface area contributed by atoms with Gasteiger partial charge in [-0.2, -0.15) is 0 Å². The summed E-state index contributed by atoms with van der Waals surface area (Å²) in [5, 5.41) is 11.4. The Balaban J connectivity index is 1.78. The molecule has 2 N–H and O–H groups in total. The number of fused-ring (bicyclic) bond motifs is 1. The van der Waals surface area contributed by atoms with Gasteiger partial charge < -0.3 is 10.2 Å². The maximum atomic E-state index is 13.5. The number of aromatic nitrogens is 4. The number of hydrogen-bond donors (Lipinski definition) is 2. The second-order valence-corrected chi connectivity index (χ2v) is 13.4. The van der Waals surface area contributed by atoms with Crippen LogP contribution in [0.15, 0.2) is 17.0 Å². The molecule has 1 aliphatic heterocycles. The Morgan fingerprint density at radius 1 is 1.14 bits per heavy atom. The Hall–Kier alpha value is -2.35. The second-order valence-electron chi connectivity index (χ2n) is 10.7. The van der Waals surface area contributed by atoms with Gasteiger partial charge in [0.05, 0.1) is 16.1 Å². The summed E-state index contributed by atoms with van der Waals surface area (Å²) in [6.45, 7) is 11.2. The molecule has 3 heterocycles. The van der Waals surface area contributed by atoms with Crippen LogP contribution in [-0.4, -0.2) is 59.3 Å². The molecule has 3 aromatic rings. The third-order valence-corrected chi connectivity index (χ3v) is 9.26. The zero-order valence-corrected chi connectivity index (χ0v) is 23.1. The maximum Gasteiger partial charge on any atom is 0.291 e. The molecule has 200 valence electrons. The molecule has 0 amide bonds. The first-order valence-corrected chi connectivity index (χ1v) is 14.7. The number of halogens is 2. The van der Waals surface area contributed by atoms with Gasteiger partial charge in [-0.05, 0) is 45.7 Å². The van der Waals surface area contributed by atoms with Crippen LogP contribution in [0.1, 0.15) is 70.6 Å². The summed E-state index contributed by atoms with van der Waals surface area (Å²) in [6.07, 6.45) is -1.22. The molecule has 9 nitrogen and oxygen atoms in total. The van der Waals surface area contributed by atoms with Gasteiger partial charge in [-0.1, -0.05) is 25.2 Å². The first-order chi connectivity index (χ1) is 17.3. The Kier molecular flexibility index (Phi) is 6.70. The average Bonchev–Trinajstić information content (AvgIpc) is 3.31. The van der Waals surface area contributed by atoms with Crippen LogP contribution in [-0.2, 0) is 10.0 Å². The molecule has 1 saturated heterocycles. The number of rotatable bonds is 7. The monoisotopic (exact) mass is 551 g/mol. The van der Waals surface area contributed by atoms with Crippen LogP contribution >= 0.6 is 11.3 Å². The third kappa shape index (κ3) is 5.31. The summed E-state index contributed by atoms with van der Waals surface area (Å²) in [5.41, 5.74) is 1.09. The van der Waals surface area contributed by atoms with Crippen LogP contribution in [0.5, 0.6) is 0 Å². The largest absolute Gasteiger partial charge is 0.367 e. The van der Waals surface area contributed by atoms with E-state index in [9.17, 15) is 17.2 Å². The van der Waals surface area contributed by atoms with Crippen molar-refractivity contribution in [3.05, 3.63) is 23.0 Å². The highest BCUT2D eigenvalue weighted by Gasteiger charge is 2.41. The summed E-state index contributed by atoms with van der Waals surface area (Å²) >= 11 is 0.754. The number of anilines is 1. The van der Waals surface area contributed by atoms with Gasteiger partial charge in [-0.15, -0.1) is 10.2 Å². The van der Waals surface area contributed by atoms with Crippen LogP contribution in [0, 0.1) is 0 Å². The second kappa shape index (κ2) is 9.44. The molecule has 1 aliphatic carbocycles. The molecule has 1 saturated carbocycles. The maximum absolute atomic E-state index is 13.5. The highest BCUT2D eigenvalue weighted by molar-refractivity contribution is 7.89. The molecule has 5 rings (SSSR count). The Labute approximate surface area is 219 Å². The molecule has 13 heteroatoms. The molecule has 1 aromatic carbocycles. The molecule has 0 radical (unpaired) electrons. The molecular formula is C24H31F2N7O2S2. The summed E-state index contributed by atoms with van der Waals surface area (Å²) in [4.78, 5) is 11.8. The van der Waals surface area contributed by atoms with E-state index in [0.717, 1.165) is 24.2 Å². The molecule has 0 bridgehead atoms. The predicted octanol–water partition coefficient (Wildman–Crippen LogP) is 4.23. The van der Waals surface area contributed by atoms with E-state index in [1.54, 1.807) is 6.07 Å². The fourth-order valence-electron chi connectivity index (χ4n) is 4.64. The minimum Gasteiger partial charge on any atom is -0.367 e.